The second-order valence-corrected chi connectivity index (χ2v) is 19.4. The van der Waals surface area contributed by atoms with Crippen LogP contribution >= 0.6 is 0 Å². The number of nitrogens with zero attached hydrogens (tertiary/aromatic N) is 3. The van der Waals surface area contributed by atoms with Crippen LogP contribution in [0.4, 0.5) is 0 Å². The van der Waals surface area contributed by atoms with Crippen LogP contribution in [0, 0.1) is 0 Å². The van der Waals surface area contributed by atoms with E-state index < -0.39 is 0 Å². The average Bonchev–Trinajstić information content (AvgIpc) is 3.17. The molecule has 3 heterocycles. The standard InChI is InChI=1S/C28H52N2O4.C22H17N3O2/c1-25(2)17-21(18-26(3,4)29-25)33-23(31)15-13-11-9-10-12-14-16-24(32)34-22-19-27(5,6)30-28(7,8)20-22;1-27-17-12-13-18(19(26)14-17)22-24-20(15-8-4-2-5-9-15)23-21(25-22)16-10-6-3-7-11-16/h21-22,29-30H,9-20H2,1-8H3;2-14,26H,1H3. The summed E-state index contributed by atoms with van der Waals surface area (Å²) < 4.78 is 16.7. The van der Waals surface area contributed by atoms with Crippen molar-refractivity contribution < 1.29 is 28.9 Å². The van der Waals surface area contributed by atoms with Gasteiger partial charge < -0.3 is 30.0 Å². The Bertz CT molecular complexity index is 1890. The van der Waals surface area contributed by atoms with E-state index in [1.165, 1.54) is 0 Å². The van der Waals surface area contributed by atoms with Crippen LogP contribution in [-0.4, -0.2) is 73.5 Å². The molecule has 2 fully saturated rings. The highest BCUT2D eigenvalue weighted by Gasteiger charge is 2.40. The van der Waals surface area contributed by atoms with Crippen molar-refractivity contribution in [3.8, 4) is 45.7 Å². The fourth-order valence-corrected chi connectivity index (χ4v) is 9.12. The van der Waals surface area contributed by atoms with Crippen LogP contribution in [-0.2, 0) is 19.1 Å². The zero-order chi connectivity index (χ0) is 44.3. The Morgan fingerprint density at radius 3 is 1.33 bits per heavy atom. The van der Waals surface area contributed by atoms with Crippen LogP contribution in [0.1, 0.15) is 132 Å². The molecule has 0 amide bonds. The van der Waals surface area contributed by atoms with Crippen molar-refractivity contribution in [1.29, 1.82) is 0 Å². The van der Waals surface area contributed by atoms with Crippen molar-refractivity contribution >= 4 is 11.9 Å². The van der Waals surface area contributed by atoms with E-state index in [2.05, 4.69) is 81.0 Å². The summed E-state index contributed by atoms with van der Waals surface area (Å²) in [5, 5.41) is 17.7. The minimum Gasteiger partial charge on any atom is -0.507 e. The Kier molecular flexibility index (Phi) is 16.1. The topological polar surface area (TPSA) is 145 Å². The number of hydrogen-bond donors (Lipinski definition) is 3. The number of piperidine rings is 2. The second-order valence-electron chi connectivity index (χ2n) is 19.4. The molecule has 3 aromatic carbocycles. The molecular formula is C50H69N5O6. The van der Waals surface area contributed by atoms with Gasteiger partial charge in [-0.1, -0.05) is 86.3 Å². The summed E-state index contributed by atoms with van der Waals surface area (Å²) in [6, 6.07) is 24.5. The molecule has 0 spiro atoms. The van der Waals surface area contributed by atoms with E-state index in [-0.39, 0.29) is 52.1 Å². The number of carbonyl (C=O) groups is 2. The number of rotatable bonds is 15. The van der Waals surface area contributed by atoms with Crippen molar-refractivity contribution in [3.05, 3.63) is 78.9 Å². The molecule has 61 heavy (non-hydrogen) atoms. The second kappa shape index (κ2) is 20.8. The summed E-state index contributed by atoms with van der Waals surface area (Å²) in [7, 11) is 1.55. The molecule has 2 aliphatic heterocycles. The van der Waals surface area contributed by atoms with Gasteiger partial charge in [-0.3, -0.25) is 9.59 Å². The Labute approximate surface area is 363 Å². The van der Waals surface area contributed by atoms with Crippen molar-refractivity contribution in [2.24, 2.45) is 0 Å². The lowest BCUT2D eigenvalue weighted by Crippen LogP contribution is -2.59. The number of hydrogen-bond acceptors (Lipinski definition) is 11. The maximum atomic E-state index is 12.3. The molecule has 0 unspecified atom stereocenters. The molecule has 11 nitrogen and oxygen atoms in total. The van der Waals surface area contributed by atoms with E-state index in [4.69, 9.17) is 14.2 Å². The lowest BCUT2D eigenvalue weighted by atomic mass is 9.81. The molecule has 0 aliphatic carbocycles. The van der Waals surface area contributed by atoms with Gasteiger partial charge in [0.15, 0.2) is 17.5 Å². The molecule has 0 bridgehead atoms. The number of nitrogens with one attached hydrogen (secondary N) is 2. The van der Waals surface area contributed by atoms with E-state index in [1.807, 2.05) is 60.7 Å². The van der Waals surface area contributed by atoms with Crippen LogP contribution in [0.15, 0.2) is 78.9 Å². The van der Waals surface area contributed by atoms with E-state index in [9.17, 15) is 14.7 Å². The number of carbonyl (C=O) groups excluding carboxylic acids is 2. The third-order valence-corrected chi connectivity index (χ3v) is 11.1. The molecule has 11 heteroatoms. The highest BCUT2D eigenvalue weighted by Crippen LogP contribution is 2.34. The van der Waals surface area contributed by atoms with Gasteiger partial charge in [-0.05, 0) is 80.4 Å². The van der Waals surface area contributed by atoms with Gasteiger partial charge in [0.25, 0.3) is 0 Å². The summed E-state index contributed by atoms with van der Waals surface area (Å²) in [5.74, 6) is 2.00. The summed E-state index contributed by atoms with van der Waals surface area (Å²) in [6.07, 6.45) is 10.4. The fourth-order valence-electron chi connectivity index (χ4n) is 9.12. The maximum Gasteiger partial charge on any atom is 0.306 e. The van der Waals surface area contributed by atoms with Gasteiger partial charge in [0.1, 0.15) is 23.7 Å². The average molecular weight is 836 g/mol. The number of benzene rings is 3. The van der Waals surface area contributed by atoms with E-state index in [0.717, 1.165) is 75.3 Å². The van der Waals surface area contributed by atoms with Crippen LogP contribution in [0.25, 0.3) is 34.2 Å². The minimum atomic E-state index is -0.0643. The van der Waals surface area contributed by atoms with Crippen molar-refractivity contribution in [1.82, 2.24) is 25.6 Å². The number of aromatic hydroxyl groups is 1. The smallest absolute Gasteiger partial charge is 0.306 e. The highest BCUT2D eigenvalue weighted by molar-refractivity contribution is 5.71. The number of phenolic OH excluding ortho intramolecular Hbond substituents is 1. The monoisotopic (exact) mass is 836 g/mol. The number of unbranched alkanes of at least 4 members (excludes halogenated alkanes) is 5. The SMILES string of the molecule is CC1(C)CC(OC(=O)CCCCCCCCC(=O)OC2CC(C)(C)NC(C)(C)C2)CC(C)(C)N1.COc1ccc(-c2nc(-c3ccccc3)nc(-c3ccccc3)n2)c(O)c1. The number of aromatic nitrogens is 3. The molecule has 6 rings (SSSR count). The van der Waals surface area contributed by atoms with Gasteiger partial charge in [-0.25, -0.2) is 15.0 Å². The Hall–Kier alpha value is -4.87. The van der Waals surface area contributed by atoms with Crippen molar-refractivity contribution in [2.45, 2.75) is 167 Å². The van der Waals surface area contributed by atoms with Crippen LogP contribution in [0.5, 0.6) is 11.5 Å². The third kappa shape index (κ3) is 15.2. The normalized spacial score (nSPS) is 18.0. The Morgan fingerprint density at radius 2 is 0.951 bits per heavy atom. The first kappa shape index (κ1) is 47.2. The van der Waals surface area contributed by atoms with Gasteiger partial charge >= 0.3 is 11.9 Å². The van der Waals surface area contributed by atoms with Gasteiger partial charge in [0, 0.05) is 77.9 Å². The van der Waals surface area contributed by atoms with E-state index in [1.54, 1.807) is 25.3 Å². The molecule has 0 saturated carbocycles. The largest absolute Gasteiger partial charge is 0.507 e. The molecule has 2 saturated heterocycles. The number of phenols is 1. The molecule has 0 radical (unpaired) electrons. The lowest BCUT2D eigenvalue weighted by Gasteiger charge is -2.46. The zero-order valence-electron chi connectivity index (χ0n) is 38.0. The summed E-state index contributed by atoms with van der Waals surface area (Å²) in [5.41, 5.74) is 2.23. The van der Waals surface area contributed by atoms with Gasteiger partial charge in [0.05, 0.1) is 12.7 Å². The first-order valence-corrected chi connectivity index (χ1v) is 22.0. The zero-order valence-corrected chi connectivity index (χ0v) is 38.0. The van der Waals surface area contributed by atoms with Crippen molar-refractivity contribution in [3.63, 3.8) is 0 Å². The van der Waals surface area contributed by atoms with Gasteiger partial charge in [-0.15, -0.1) is 0 Å². The molecule has 0 atom stereocenters. The first-order chi connectivity index (χ1) is 28.8. The maximum absolute atomic E-state index is 12.3. The quantitative estimate of drug-likeness (QED) is 0.0777. The third-order valence-electron chi connectivity index (χ3n) is 11.1. The van der Waals surface area contributed by atoms with Crippen LogP contribution in [0.3, 0.4) is 0 Å². The Balaban J connectivity index is 0.000000236. The molecule has 1 aromatic heterocycles. The molecule has 4 aromatic rings. The summed E-state index contributed by atoms with van der Waals surface area (Å²) in [4.78, 5) is 38.4. The Morgan fingerprint density at radius 1 is 0.574 bits per heavy atom. The van der Waals surface area contributed by atoms with E-state index >= 15 is 0 Å². The minimum absolute atomic E-state index is 0.000484. The van der Waals surface area contributed by atoms with Gasteiger partial charge in [0.2, 0.25) is 0 Å². The first-order valence-electron chi connectivity index (χ1n) is 22.0. The van der Waals surface area contributed by atoms with Gasteiger partial charge in [-0.2, -0.15) is 0 Å². The predicted molar refractivity (Wildman–Crippen MR) is 242 cm³/mol. The lowest BCUT2D eigenvalue weighted by molar-refractivity contribution is -0.154. The van der Waals surface area contributed by atoms with Crippen LogP contribution in [0.2, 0.25) is 0 Å². The van der Waals surface area contributed by atoms with E-state index in [0.29, 0.717) is 41.6 Å². The summed E-state index contributed by atoms with van der Waals surface area (Å²) >= 11 is 0. The number of ether oxygens (including phenoxy) is 3. The summed E-state index contributed by atoms with van der Waals surface area (Å²) in [6.45, 7) is 17.4. The predicted octanol–water partition coefficient (Wildman–Crippen LogP) is 10.4. The molecule has 330 valence electrons. The molecule has 2 aliphatic rings. The molecule has 3 N–H and O–H groups in total. The molecular weight excluding hydrogens is 767 g/mol. The fraction of sp³-hybridized carbons (Fsp3) is 0.540. The van der Waals surface area contributed by atoms with Crippen molar-refractivity contribution in [2.75, 3.05) is 7.11 Å². The number of esters is 2. The van der Waals surface area contributed by atoms with Crippen LogP contribution < -0.4 is 15.4 Å². The number of methoxy groups -OCH3 is 1. The highest BCUT2D eigenvalue weighted by atomic mass is 16.5.